The van der Waals surface area contributed by atoms with E-state index in [0.717, 1.165) is 44.9 Å². The van der Waals surface area contributed by atoms with Gasteiger partial charge >= 0.3 is 5.97 Å². The number of hydrogen-bond acceptors (Lipinski definition) is 4. The van der Waals surface area contributed by atoms with Crippen LogP contribution >= 0.6 is 0 Å². The summed E-state index contributed by atoms with van der Waals surface area (Å²) in [6.45, 7) is 7.33. The number of ether oxygens (including phenoxy) is 2. The van der Waals surface area contributed by atoms with Gasteiger partial charge in [0.25, 0.3) is 0 Å². The molecule has 4 nitrogen and oxygen atoms in total. The Balaban J connectivity index is 3.32. The van der Waals surface area contributed by atoms with E-state index in [2.05, 4.69) is 19.1 Å². The lowest BCUT2D eigenvalue weighted by Crippen LogP contribution is -2.10. The monoisotopic (exact) mass is 398 g/mol. The standard InChI is InChI=1S/C24H46O4/c1-4-5-6-13-17-23(25)18-14-11-9-7-8-10-12-15-19-24(26)28-21-16-20-27-22(2)3/h11,14,22-23,25H,4-10,12-13,15-21H2,1-3H3/b14-11-/t23-/m1/s1. The molecule has 0 aliphatic heterocycles. The molecule has 4 heteroatoms. The van der Waals surface area contributed by atoms with Crippen molar-refractivity contribution >= 4 is 5.97 Å². The van der Waals surface area contributed by atoms with Gasteiger partial charge in [-0.25, -0.2) is 0 Å². The van der Waals surface area contributed by atoms with Crippen LogP contribution in [0.3, 0.4) is 0 Å². The van der Waals surface area contributed by atoms with Crippen LogP contribution in [-0.4, -0.2) is 36.5 Å². The van der Waals surface area contributed by atoms with Gasteiger partial charge in [0.05, 0.1) is 25.4 Å². The Morgan fingerprint density at radius 1 is 0.893 bits per heavy atom. The summed E-state index contributed by atoms with van der Waals surface area (Å²) in [5, 5.41) is 9.90. The van der Waals surface area contributed by atoms with E-state index in [-0.39, 0.29) is 18.2 Å². The topological polar surface area (TPSA) is 55.8 Å². The summed E-state index contributed by atoms with van der Waals surface area (Å²) in [4.78, 5) is 11.6. The fourth-order valence-electron chi connectivity index (χ4n) is 2.99. The molecule has 0 unspecified atom stereocenters. The Morgan fingerprint density at radius 2 is 1.61 bits per heavy atom. The molecule has 0 spiro atoms. The fourth-order valence-corrected chi connectivity index (χ4v) is 2.99. The van der Waals surface area contributed by atoms with Crippen LogP contribution in [-0.2, 0) is 14.3 Å². The summed E-state index contributed by atoms with van der Waals surface area (Å²) in [6, 6.07) is 0. The maximum absolute atomic E-state index is 11.6. The van der Waals surface area contributed by atoms with Gasteiger partial charge in [-0.15, -0.1) is 0 Å². The highest BCUT2D eigenvalue weighted by Crippen LogP contribution is 2.10. The van der Waals surface area contributed by atoms with Crippen molar-refractivity contribution in [1.82, 2.24) is 0 Å². The van der Waals surface area contributed by atoms with E-state index in [9.17, 15) is 9.90 Å². The number of esters is 1. The highest BCUT2D eigenvalue weighted by molar-refractivity contribution is 5.69. The van der Waals surface area contributed by atoms with Gasteiger partial charge in [-0.05, 0) is 46.0 Å². The molecule has 0 aromatic heterocycles. The molecule has 0 bridgehead atoms. The third kappa shape index (κ3) is 21.4. The molecule has 1 N–H and O–H groups in total. The first-order valence-corrected chi connectivity index (χ1v) is 11.7. The fraction of sp³-hybridized carbons (Fsp3) is 0.875. The molecule has 28 heavy (non-hydrogen) atoms. The van der Waals surface area contributed by atoms with Gasteiger partial charge in [0, 0.05) is 12.8 Å². The normalized spacial score (nSPS) is 12.8. The number of unbranched alkanes of at least 4 members (excludes halogenated alkanes) is 8. The zero-order chi connectivity index (χ0) is 20.9. The summed E-state index contributed by atoms with van der Waals surface area (Å²) >= 11 is 0. The lowest BCUT2D eigenvalue weighted by atomic mass is 10.1. The van der Waals surface area contributed by atoms with E-state index in [1.807, 2.05) is 13.8 Å². The van der Waals surface area contributed by atoms with E-state index in [0.29, 0.717) is 19.6 Å². The van der Waals surface area contributed by atoms with Crippen molar-refractivity contribution < 1.29 is 19.4 Å². The summed E-state index contributed by atoms with van der Waals surface area (Å²) in [7, 11) is 0. The second-order valence-electron chi connectivity index (χ2n) is 8.01. The Labute approximate surface area is 174 Å². The molecule has 0 saturated carbocycles. The predicted molar refractivity (Wildman–Crippen MR) is 118 cm³/mol. The molecule has 0 aromatic rings. The number of hydrogen-bond donors (Lipinski definition) is 1. The van der Waals surface area contributed by atoms with Crippen molar-refractivity contribution in [2.24, 2.45) is 0 Å². The molecule has 0 radical (unpaired) electrons. The van der Waals surface area contributed by atoms with Gasteiger partial charge in [-0.2, -0.15) is 0 Å². The van der Waals surface area contributed by atoms with Crippen LogP contribution in [0.5, 0.6) is 0 Å². The molecule has 0 fully saturated rings. The van der Waals surface area contributed by atoms with E-state index in [4.69, 9.17) is 9.47 Å². The van der Waals surface area contributed by atoms with Crippen LogP contribution in [0.25, 0.3) is 0 Å². The van der Waals surface area contributed by atoms with E-state index >= 15 is 0 Å². The molecule has 0 aliphatic rings. The van der Waals surface area contributed by atoms with Crippen molar-refractivity contribution in [2.75, 3.05) is 13.2 Å². The molecule has 0 aromatic carbocycles. The van der Waals surface area contributed by atoms with Gasteiger partial charge in [-0.1, -0.05) is 64.0 Å². The van der Waals surface area contributed by atoms with Crippen LogP contribution in [0.2, 0.25) is 0 Å². The third-order valence-electron chi connectivity index (χ3n) is 4.72. The quantitative estimate of drug-likeness (QED) is 0.147. The second-order valence-corrected chi connectivity index (χ2v) is 8.01. The Morgan fingerprint density at radius 3 is 2.36 bits per heavy atom. The van der Waals surface area contributed by atoms with E-state index in [1.54, 1.807) is 0 Å². The average molecular weight is 399 g/mol. The molecule has 0 rings (SSSR count). The Hall–Kier alpha value is -0.870. The van der Waals surface area contributed by atoms with Crippen LogP contribution < -0.4 is 0 Å². The van der Waals surface area contributed by atoms with Crippen molar-refractivity contribution in [3.8, 4) is 0 Å². The van der Waals surface area contributed by atoms with Crippen molar-refractivity contribution in [3.05, 3.63) is 12.2 Å². The maximum atomic E-state index is 11.6. The first kappa shape index (κ1) is 27.1. The Kier molecular flexibility index (Phi) is 20.2. The molecule has 0 saturated heterocycles. The zero-order valence-electron chi connectivity index (χ0n) is 18.8. The van der Waals surface area contributed by atoms with Gasteiger partial charge in [-0.3, -0.25) is 4.79 Å². The largest absolute Gasteiger partial charge is 0.466 e. The van der Waals surface area contributed by atoms with Crippen molar-refractivity contribution in [1.29, 1.82) is 0 Å². The number of aliphatic hydroxyl groups is 1. The highest BCUT2D eigenvalue weighted by atomic mass is 16.5. The maximum Gasteiger partial charge on any atom is 0.305 e. The number of allylic oxidation sites excluding steroid dienone is 1. The lowest BCUT2D eigenvalue weighted by molar-refractivity contribution is -0.144. The third-order valence-corrected chi connectivity index (χ3v) is 4.72. The van der Waals surface area contributed by atoms with Gasteiger partial charge < -0.3 is 14.6 Å². The minimum absolute atomic E-state index is 0.0827. The van der Waals surface area contributed by atoms with Crippen LogP contribution in [0.4, 0.5) is 0 Å². The smallest absolute Gasteiger partial charge is 0.305 e. The van der Waals surface area contributed by atoms with E-state index in [1.165, 1.54) is 38.5 Å². The SMILES string of the molecule is CCCCCC[C@@H](O)C/C=C\CCCCCCCC(=O)OCCCOC(C)C. The minimum Gasteiger partial charge on any atom is -0.466 e. The molecule has 0 aliphatic carbocycles. The van der Waals surface area contributed by atoms with E-state index < -0.39 is 0 Å². The van der Waals surface area contributed by atoms with Crippen LogP contribution in [0.1, 0.15) is 111 Å². The minimum atomic E-state index is -0.171. The number of rotatable bonds is 20. The molecule has 0 heterocycles. The van der Waals surface area contributed by atoms with Crippen LogP contribution in [0, 0.1) is 0 Å². The number of carbonyl (C=O) groups is 1. The number of aliphatic hydroxyl groups excluding tert-OH is 1. The molecular weight excluding hydrogens is 352 g/mol. The summed E-state index contributed by atoms with van der Waals surface area (Å²) in [5.74, 6) is -0.0827. The van der Waals surface area contributed by atoms with Crippen molar-refractivity contribution in [3.63, 3.8) is 0 Å². The lowest BCUT2D eigenvalue weighted by Gasteiger charge is -2.08. The predicted octanol–water partition coefficient (Wildman–Crippen LogP) is 6.35. The van der Waals surface area contributed by atoms with Gasteiger partial charge in [0.1, 0.15) is 0 Å². The summed E-state index contributed by atoms with van der Waals surface area (Å²) in [6.07, 6.45) is 19.0. The summed E-state index contributed by atoms with van der Waals surface area (Å²) in [5.41, 5.74) is 0. The zero-order valence-corrected chi connectivity index (χ0v) is 18.8. The molecular formula is C24H46O4. The highest BCUT2D eigenvalue weighted by Gasteiger charge is 2.03. The van der Waals surface area contributed by atoms with Gasteiger partial charge in [0.15, 0.2) is 0 Å². The summed E-state index contributed by atoms with van der Waals surface area (Å²) < 4.78 is 10.6. The van der Waals surface area contributed by atoms with Crippen molar-refractivity contribution in [2.45, 2.75) is 123 Å². The second kappa shape index (κ2) is 20.9. The first-order valence-electron chi connectivity index (χ1n) is 11.7. The first-order chi connectivity index (χ1) is 13.6. The molecule has 1 atom stereocenters. The molecule has 0 amide bonds. The molecule has 166 valence electrons. The van der Waals surface area contributed by atoms with Crippen LogP contribution in [0.15, 0.2) is 12.2 Å². The Bertz CT molecular complexity index is 366. The number of carbonyl (C=O) groups excluding carboxylic acids is 1. The average Bonchev–Trinajstić information content (AvgIpc) is 2.66. The van der Waals surface area contributed by atoms with Gasteiger partial charge in [0.2, 0.25) is 0 Å².